The summed E-state index contributed by atoms with van der Waals surface area (Å²) in [6.45, 7) is 9.46. The maximum Gasteiger partial charge on any atom is 0.0472 e. The van der Waals surface area contributed by atoms with Crippen molar-refractivity contribution in [2.75, 3.05) is 39.4 Å². The summed E-state index contributed by atoms with van der Waals surface area (Å²) in [5.74, 6) is 0.977. The molecule has 0 bridgehead atoms. The van der Waals surface area contributed by atoms with Crippen molar-refractivity contribution in [3.63, 3.8) is 0 Å². The van der Waals surface area contributed by atoms with Crippen LogP contribution in [0.3, 0.4) is 0 Å². The van der Waals surface area contributed by atoms with Gasteiger partial charge in [-0.2, -0.15) is 0 Å². The fourth-order valence-electron chi connectivity index (χ4n) is 4.11. The molecule has 0 aromatic carbocycles. The molecule has 1 atom stereocenters. The van der Waals surface area contributed by atoms with Crippen molar-refractivity contribution in [2.24, 2.45) is 11.3 Å². The molecule has 2 saturated heterocycles. The Labute approximate surface area is 130 Å². The first-order chi connectivity index (χ1) is 10.3. The molecule has 3 nitrogen and oxygen atoms in total. The molecule has 3 fully saturated rings. The van der Waals surface area contributed by atoms with Crippen molar-refractivity contribution >= 4 is 0 Å². The summed E-state index contributed by atoms with van der Waals surface area (Å²) < 4.78 is 5.65. The molecule has 0 aromatic heterocycles. The largest absolute Gasteiger partial charge is 0.381 e. The molecule has 1 aliphatic carbocycles. The highest BCUT2D eigenvalue weighted by Gasteiger charge is 2.36. The number of hydrogen-bond donors (Lipinski definition) is 1. The monoisotopic (exact) mass is 294 g/mol. The van der Waals surface area contributed by atoms with Crippen LogP contribution in [0.4, 0.5) is 0 Å². The Balaban J connectivity index is 1.54. The molecule has 2 aliphatic heterocycles. The minimum absolute atomic E-state index is 0.479. The van der Waals surface area contributed by atoms with Gasteiger partial charge in [-0.3, -0.25) is 0 Å². The summed E-state index contributed by atoms with van der Waals surface area (Å²) in [6.07, 6.45) is 10.9. The predicted molar refractivity (Wildman–Crippen MR) is 87.6 cm³/mol. The van der Waals surface area contributed by atoms with Crippen LogP contribution in [0.2, 0.25) is 0 Å². The molecule has 1 saturated carbocycles. The topological polar surface area (TPSA) is 24.5 Å². The van der Waals surface area contributed by atoms with Crippen molar-refractivity contribution in [1.29, 1.82) is 0 Å². The van der Waals surface area contributed by atoms with Gasteiger partial charge in [0.1, 0.15) is 0 Å². The van der Waals surface area contributed by atoms with Crippen molar-refractivity contribution < 1.29 is 4.74 Å². The summed E-state index contributed by atoms with van der Waals surface area (Å²) in [6, 6.07) is 0.832. The SMILES string of the molecule is CCC1CCCN(CC2(CNC3CC3)CCOCC2)CC1. The fraction of sp³-hybridized carbons (Fsp3) is 1.00. The summed E-state index contributed by atoms with van der Waals surface area (Å²) in [4.78, 5) is 2.77. The van der Waals surface area contributed by atoms with Gasteiger partial charge in [0.2, 0.25) is 0 Å². The minimum Gasteiger partial charge on any atom is -0.381 e. The second-order valence-electron chi connectivity index (χ2n) is 7.75. The molecule has 0 radical (unpaired) electrons. The van der Waals surface area contributed by atoms with Crippen LogP contribution in [-0.2, 0) is 4.74 Å². The first-order valence-electron chi connectivity index (χ1n) is 9.33. The predicted octanol–water partition coefficient (Wildman–Crippen LogP) is 3.05. The molecule has 1 unspecified atom stereocenters. The normalized spacial score (nSPS) is 31.0. The molecule has 0 amide bonds. The van der Waals surface area contributed by atoms with Crippen LogP contribution >= 0.6 is 0 Å². The average molecular weight is 294 g/mol. The lowest BCUT2D eigenvalue weighted by Gasteiger charge is -2.41. The van der Waals surface area contributed by atoms with Crippen LogP contribution in [0.1, 0.15) is 58.3 Å². The summed E-state index contributed by atoms with van der Waals surface area (Å²) in [7, 11) is 0. The van der Waals surface area contributed by atoms with E-state index in [2.05, 4.69) is 17.1 Å². The highest BCUT2D eigenvalue weighted by Crippen LogP contribution is 2.33. The quantitative estimate of drug-likeness (QED) is 0.815. The van der Waals surface area contributed by atoms with Crippen molar-refractivity contribution in [2.45, 2.75) is 64.3 Å². The Morgan fingerprint density at radius 3 is 2.62 bits per heavy atom. The third-order valence-corrected chi connectivity index (χ3v) is 5.97. The Kier molecular flexibility index (Phi) is 5.58. The van der Waals surface area contributed by atoms with Gasteiger partial charge < -0.3 is 15.0 Å². The van der Waals surface area contributed by atoms with Gasteiger partial charge in [-0.1, -0.05) is 13.3 Å². The molecule has 122 valence electrons. The van der Waals surface area contributed by atoms with Gasteiger partial charge in [-0.05, 0) is 69.4 Å². The van der Waals surface area contributed by atoms with Crippen LogP contribution in [0.25, 0.3) is 0 Å². The highest BCUT2D eigenvalue weighted by molar-refractivity contribution is 4.91. The molecule has 0 spiro atoms. The molecule has 2 heterocycles. The smallest absolute Gasteiger partial charge is 0.0472 e. The van der Waals surface area contributed by atoms with Crippen molar-refractivity contribution in [3.05, 3.63) is 0 Å². The van der Waals surface area contributed by atoms with Gasteiger partial charge in [0, 0.05) is 32.3 Å². The fourth-order valence-corrected chi connectivity index (χ4v) is 4.11. The van der Waals surface area contributed by atoms with E-state index in [1.54, 1.807) is 0 Å². The second kappa shape index (κ2) is 7.43. The van der Waals surface area contributed by atoms with Gasteiger partial charge in [-0.25, -0.2) is 0 Å². The van der Waals surface area contributed by atoms with Gasteiger partial charge in [0.15, 0.2) is 0 Å². The Hall–Kier alpha value is -0.120. The summed E-state index contributed by atoms with van der Waals surface area (Å²) in [5, 5.41) is 3.81. The Bertz CT molecular complexity index is 310. The average Bonchev–Trinajstić information content (AvgIpc) is 3.34. The number of ether oxygens (including phenoxy) is 1. The van der Waals surface area contributed by atoms with E-state index in [1.165, 1.54) is 77.5 Å². The molecule has 3 heteroatoms. The maximum absolute atomic E-state index is 5.65. The number of nitrogens with one attached hydrogen (secondary N) is 1. The zero-order valence-electron chi connectivity index (χ0n) is 13.9. The highest BCUT2D eigenvalue weighted by atomic mass is 16.5. The van der Waals surface area contributed by atoms with Crippen LogP contribution < -0.4 is 5.32 Å². The van der Waals surface area contributed by atoms with E-state index in [4.69, 9.17) is 4.74 Å². The third-order valence-electron chi connectivity index (χ3n) is 5.97. The van der Waals surface area contributed by atoms with E-state index in [0.717, 1.165) is 25.2 Å². The van der Waals surface area contributed by atoms with Crippen LogP contribution in [0.15, 0.2) is 0 Å². The van der Waals surface area contributed by atoms with E-state index in [9.17, 15) is 0 Å². The van der Waals surface area contributed by atoms with Crippen LogP contribution in [0.5, 0.6) is 0 Å². The zero-order valence-corrected chi connectivity index (χ0v) is 13.9. The van der Waals surface area contributed by atoms with E-state index in [0.29, 0.717) is 5.41 Å². The van der Waals surface area contributed by atoms with Gasteiger partial charge in [-0.15, -0.1) is 0 Å². The molecule has 1 N–H and O–H groups in total. The first-order valence-corrected chi connectivity index (χ1v) is 9.33. The molecule has 3 rings (SSSR count). The lowest BCUT2D eigenvalue weighted by Crippen LogP contribution is -2.48. The van der Waals surface area contributed by atoms with E-state index in [1.807, 2.05) is 0 Å². The van der Waals surface area contributed by atoms with Gasteiger partial charge >= 0.3 is 0 Å². The van der Waals surface area contributed by atoms with E-state index < -0.39 is 0 Å². The van der Waals surface area contributed by atoms with Gasteiger partial charge in [0.25, 0.3) is 0 Å². The number of rotatable bonds is 6. The number of nitrogens with zero attached hydrogens (tertiary/aromatic N) is 1. The molecular formula is C18H34N2O. The third kappa shape index (κ3) is 4.67. The summed E-state index contributed by atoms with van der Waals surface area (Å²) in [5.41, 5.74) is 0.479. The van der Waals surface area contributed by atoms with Gasteiger partial charge in [0.05, 0.1) is 0 Å². The van der Waals surface area contributed by atoms with Crippen LogP contribution in [0, 0.1) is 11.3 Å². The molecular weight excluding hydrogens is 260 g/mol. The van der Waals surface area contributed by atoms with Crippen molar-refractivity contribution in [1.82, 2.24) is 10.2 Å². The van der Waals surface area contributed by atoms with Crippen LogP contribution in [-0.4, -0.2) is 50.3 Å². The Morgan fingerprint density at radius 1 is 1.10 bits per heavy atom. The van der Waals surface area contributed by atoms with E-state index >= 15 is 0 Å². The molecule has 0 aromatic rings. The lowest BCUT2D eigenvalue weighted by atomic mass is 9.79. The second-order valence-corrected chi connectivity index (χ2v) is 7.75. The number of likely N-dealkylation sites (tertiary alicyclic amines) is 1. The first kappa shape index (κ1) is 15.8. The molecule has 3 aliphatic rings. The van der Waals surface area contributed by atoms with Crippen molar-refractivity contribution in [3.8, 4) is 0 Å². The minimum atomic E-state index is 0.479. The molecule has 21 heavy (non-hydrogen) atoms. The summed E-state index contributed by atoms with van der Waals surface area (Å²) >= 11 is 0. The van der Waals surface area contributed by atoms with E-state index in [-0.39, 0.29) is 0 Å². The maximum atomic E-state index is 5.65. The standard InChI is InChI=1S/C18H34N2O/c1-2-16-4-3-10-20(11-7-16)15-18(8-12-21-13-9-18)14-19-17-5-6-17/h16-17,19H,2-15H2,1H3. The number of hydrogen-bond acceptors (Lipinski definition) is 3. The zero-order chi connectivity index (χ0) is 14.5. The lowest BCUT2D eigenvalue weighted by molar-refractivity contribution is -0.00424. The Morgan fingerprint density at radius 2 is 1.90 bits per heavy atom.